The van der Waals surface area contributed by atoms with Crippen LogP contribution in [0.5, 0.6) is 0 Å². The van der Waals surface area contributed by atoms with Crippen molar-refractivity contribution >= 4 is 23.6 Å². The number of fused-ring (bicyclic) bond motifs is 1. The highest BCUT2D eigenvalue weighted by molar-refractivity contribution is 5.97. The molecule has 0 aliphatic carbocycles. The maximum Gasteiger partial charge on any atom is 0.326 e. The van der Waals surface area contributed by atoms with E-state index in [-0.39, 0.29) is 0 Å². The third-order valence-corrected chi connectivity index (χ3v) is 3.13. The highest BCUT2D eigenvalue weighted by Crippen LogP contribution is 2.27. The molecular formula is C13H15N3O4. The fourth-order valence-electron chi connectivity index (χ4n) is 2.18. The van der Waals surface area contributed by atoms with Crippen molar-refractivity contribution in [1.29, 1.82) is 0 Å². The van der Waals surface area contributed by atoms with Gasteiger partial charge in [0.15, 0.2) is 0 Å². The number of nitrogens with two attached hydrogens (primary N) is 1. The molecular weight excluding hydrogens is 262 g/mol. The number of carboxylic acids is 1. The molecule has 1 aliphatic rings. The molecule has 3 amide bonds. The Morgan fingerprint density at radius 1 is 1.35 bits per heavy atom. The Kier molecular flexibility index (Phi) is 3.88. The minimum atomic E-state index is -1.31. The molecule has 0 spiro atoms. The van der Waals surface area contributed by atoms with Crippen LogP contribution in [0.2, 0.25) is 0 Å². The van der Waals surface area contributed by atoms with Crippen molar-refractivity contribution in [2.45, 2.75) is 18.9 Å². The van der Waals surface area contributed by atoms with E-state index in [1.54, 1.807) is 6.07 Å². The van der Waals surface area contributed by atoms with E-state index in [1.165, 1.54) is 4.90 Å². The van der Waals surface area contributed by atoms with E-state index in [2.05, 4.69) is 5.32 Å². The lowest BCUT2D eigenvalue weighted by molar-refractivity contribution is -0.140. The zero-order valence-corrected chi connectivity index (χ0v) is 10.7. The van der Waals surface area contributed by atoms with Crippen LogP contribution in [0.15, 0.2) is 24.3 Å². The predicted octanol–water partition coefficient (Wildman–Crippen LogP) is 0.0873. The van der Waals surface area contributed by atoms with Gasteiger partial charge in [-0.05, 0) is 18.1 Å². The highest BCUT2D eigenvalue weighted by Gasteiger charge is 2.28. The molecule has 1 aliphatic heterocycles. The number of primary amides is 1. The molecule has 0 saturated carbocycles. The first-order chi connectivity index (χ1) is 9.49. The van der Waals surface area contributed by atoms with E-state index in [1.807, 2.05) is 18.2 Å². The number of para-hydroxylation sites is 1. The van der Waals surface area contributed by atoms with E-state index in [0.29, 0.717) is 6.54 Å². The van der Waals surface area contributed by atoms with Crippen LogP contribution in [0.1, 0.15) is 12.0 Å². The van der Waals surface area contributed by atoms with Crippen molar-refractivity contribution in [1.82, 2.24) is 5.32 Å². The van der Waals surface area contributed by atoms with Crippen molar-refractivity contribution < 1.29 is 19.5 Å². The van der Waals surface area contributed by atoms with Crippen LogP contribution in [0.25, 0.3) is 0 Å². The minimum absolute atomic E-state index is 0.434. The maximum atomic E-state index is 12.1. The molecule has 106 valence electrons. The van der Waals surface area contributed by atoms with Crippen LogP contribution in [0.4, 0.5) is 10.5 Å². The van der Waals surface area contributed by atoms with Crippen LogP contribution in [-0.2, 0) is 16.0 Å². The second-order valence-corrected chi connectivity index (χ2v) is 4.54. The zero-order chi connectivity index (χ0) is 14.7. The topological polar surface area (TPSA) is 113 Å². The molecule has 0 fully saturated rings. The number of carboxylic acid groups (broad SMARTS) is 1. The van der Waals surface area contributed by atoms with Gasteiger partial charge in [0, 0.05) is 12.2 Å². The number of benzene rings is 1. The molecule has 0 aromatic heterocycles. The number of aliphatic carboxylic acids is 1. The minimum Gasteiger partial charge on any atom is -0.480 e. The number of rotatable bonds is 4. The summed E-state index contributed by atoms with van der Waals surface area (Å²) in [7, 11) is 0. The molecule has 0 saturated heterocycles. The number of hydrogen-bond acceptors (Lipinski definition) is 3. The van der Waals surface area contributed by atoms with Gasteiger partial charge in [0.25, 0.3) is 0 Å². The third-order valence-electron chi connectivity index (χ3n) is 3.13. The summed E-state index contributed by atoms with van der Waals surface area (Å²) in [6.45, 7) is 0.480. The molecule has 1 aromatic carbocycles. The van der Waals surface area contributed by atoms with Crippen LogP contribution < -0.4 is 16.0 Å². The van der Waals surface area contributed by atoms with Gasteiger partial charge in [-0.3, -0.25) is 9.69 Å². The Hall–Kier alpha value is -2.57. The second kappa shape index (κ2) is 5.60. The molecule has 0 bridgehead atoms. The average molecular weight is 277 g/mol. The average Bonchev–Trinajstić information content (AvgIpc) is 2.81. The van der Waals surface area contributed by atoms with Crippen LogP contribution in [-0.4, -0.2) is 35.6 Å². The summed E-state index contributed by atoms with van der Waals surface area (Å²) in [6.07, 6.45) is 0.285. The summed E-state index contributed by atoms with van der Waals surface area (Å²) in [5.74, 6) is -2.07. The monoisotopic (exact) mass is 277 g/mol. The van der Waals surface area contributed by atoms with Gasteiger partial charge in [0.2, 0.25) is 5.91 Å². The third kappa shape index (κ3) is 2.87. The standard InChI is InChI=1S/C13H15N3O4/c14-11(17)7-9(12(18)19)15-13(20)16-6-5-8-3-1-2-4-10(8)16/h1-4,9H,5-7H2,(H2,14,17)(H,15,20)(H,18,19)/t9-/m1/s1. The Balaban J connectivity index is 2.09. The summed E-state index contributed by atoms with van der Waals surface area (Å²) in [4.78, 5) is 35.4. The van der Waals surface area contributed by atoms with Gasteiger partial charge in [-0.1, -0.05) is 18.2 Å². The van der Waals surface area contributed by atoms with Crippen LogP contribution >= 0.6 is 0 Å². The number of carbonyl (C=O) groups is 3. The lowest BCUT2D eigenvalue weighted by Gasteiger charge is -2.21. The SMILES string of the molecule is NC(=O)C[C@@H](NC(=O)N1CCc2ccccc21)C(=O)O. The largest absolute Gasteiger partial charge is 0.480 e. The Bertz CT molecular complexity index is 558. The zero-order valence-electron chi connectivity index (χ0n) is 10.7. The summed E-state index contributed by atoms with van der Waals surface area (Å²) in [5.41, 5.74) is 6.76. The van der Waals surface area contributed by atoms with E-state index in [4.69, 9.17) is 10.8 Å². The van der Waals surface area contributed by atoms with Gasteiger partial charge < -0.3 is 16.2 Å². The molecule has 1 atom stereocenters. The van der Waals surface area contributed by atoms with Crippen LogP contribution in [0, 0.1) is 0 Å². The molecule has 1 aromatic rings. The van der Waals surface area contributed by atoms with Gasteiger partial charge in [0.05, 0.1) is 6.42 Å². The molecule has 20 heavy (non-hydrogen) atoms. The van der Waals surface area contributed by atoms with Gasteiger partial charge in [-0.2, -0.15) is 0 Å². The Morgan fingerprint density at radius 3 is 2.70 bits per heavy atom. The summed E-state index contributed by atoms with van der Waals surface area (Å²) in [5, 5.41) is 11.3. The first-order valence-electron chi connectivity index (χ1n) is 6.16. The Labute approximate surface area is 115 Å². The molecule has 0 radical (unpaired) electrons. The molecule has 1 heterocycles. The maximum absolute atomic E-state index is 12.1. The predicted molar refractivity (Wildman–Crippen MR) is 71.3 cm³/mol. The molecule has 7 heteroatoms. The second-order valence-electron chi connectivity index (χ2n) is 4.54. The number of anilines is 1. The van der Waals surface area contributed by atoms with Gasteiger partial charge in [-0.25, -0.2) is 9.59 Å². The first-order valence-corrected chi connectivity index (χ1v) is 6.16. The van der Waals surface area contributed by atoms with Crippen molar-refractivity contribution in [2.75, 3.05) is 11.4 Å². The number of urea groups is 1. The molecule has 7 nitrogen and oxygen atoms in total. The van der Waals surface area contributed by atoms with Crippen molar-refractivity contribution in [2.24, 2.45) is 5.73 Å². The van der Waals surface area contributed by atoms with Gasteiger partial charge in [0.1, 0.15) is 6.04 Å². The number of carbonyl (C=O) groups excluding carboxylic acids is 2. The summed E-state index contributed by atoms with van der Waals surface area (Å²) >= 11 is 0. The number of nitrogens with one attached hydrogen (secondary N) is 1. The van der Waals surface area contributed by atoms with Crippen molar-refractivity contribution in [3.63, 3.8) is 0 Å². The smallest absolute Gasteiger partial charge is 0.326 e. The van der Waals surface area contributed by atoms with Gasteiger partial charge in [-0.15, -0.1) is 0 Å². The summed E-state index contributed by atoms with van der Waals surface area (Å²) in [6, 6.07) is 5.55. The van der Waals surface area contributed by atoms with Crippen molar-refractivity contribution in [3.05, 3.63) is 29.8 Å². The Morgan fingerprint density at radius 2 is 2.05 bits per heavy atom. The lowest BCUT2D eigenvalue weighted by atomic mass is 10.2. The lowest BCUT2D eigenvalue weighted by Crippen LogP contribution is -2.49. The number of amides is 3. The highest BCUT2D eigenvalue weighted by atomic mass is 16.4. The van der Waals surface area contributed by atoms with E-state index in [9.17, 15) is 14.4 Å². The molecule has 0 unspecified atom stereocenters. The normalized spacial score (nSPS) is 14.5. The van der Waals surface area contributed by atoms with E-state index >= 15 is 0 Å². The van der Waals surface area contributed by atoms with Crippen LogP contribution in [0.3, 0.4) is 0 Å². The first kappa shape index (κ1) is 13.9. The number of nitrogens with zero attached hydrogens (tertiary/aromatic N) is 1. The van der Waals surface area contributed by atoms with Crippen molar-refractivity contribution in [3.8, 4) is 0 Å². The van der Waals surface area contributed by atoms with Gasteiger partial charge >= 0.3 is 12.0 Å². The van der Waals surface area contributed by atoms with E-state index < -0.39 is 30.4 Å². The fraction of sp³-hybridized carbons (Fsp3) is 0.308. The van der Waals surface area contributed by atoms with E-state index in [0.717, 1.165) is 17.7 Å². The number of hydrogen-bond donors (Lipinski definition) is 3. The quantitative estimate of drug-likeness (QED) is 0.723. The summed E-state index contributed by atoms with van der Waals surface area (Å²) < 4.78 is 0. The fourth-order valence-corrected chi connectivity index (χ4v) is 2.18. The molecule has 2 rings (SSSR count). The molecule has 4 N–H and O–H groups in total.